The minimum atomic E-state index is -0.331. The molecular weight excluding hydrogens is 445 g/mol. The lowest BCUT2D eigenvalue weighted by atomic mass is 10.1. The van der Waals surface area contributed by atoms with Gasteiger partial charge in [0.05, 0.1) is 21.6 Å². The van der Waals surface area contributed by atoms with Gasteiger partial charge in [-0.3, -0.25) is 5.10 Å². The largest absolute Gasteiger partial charge is 0.455 e. The third-order valence-corrected chi connectivity index (χ3v) is 5.18. The van der Waals surface area contributed by atoms with E-state index in [1.165, 1.54) is 12.1 Å². The van der Waals surface area contributed by atoms with Crippen molar-refractivity contribution < 1.29 is 9.13 Å². The Bertz CT molecular complexity index is 1470. The second-order valence-electron chi connectivity index (χ2n) is 7.16. The number of halogens is 2. The van der Waals surface area contributed by atoms with Crippen LogP contribution in [0, 0.1) is 5.82 Å². The molecule has 0 saturated heterocycles. The van der Waals surface area contributed by atoms with Crippen molar-refractivity contribution in [2.24, 2.45) is 0 Å². The fraction of sp³-hybridized carbons (Fsp3) is 0. The normalized spacial score (nSPS) is 11.0. The van der Waals surface area contributed by atoms with Gasteiger partial charge in [0.2, 0.25) is 5.95 Å². The topological polar surface area (TPSA) is 128 Å². The van der Waals surface area contributed by atoms with E-state index < -0.39 is 0 Å². The second-order valence-corrected chi connectivity index (χ2v) is 7.57. The van der Waals surface area contributed by atoms with Crippen LogP contribution < -0.4 is 21.5 Å². The number of hydrogen-bond donors (Lipinski definition) is 4. The van der Waals surface area contributed by atoms with Gasteiger partial charge in [-0.1, -0.05) is 17.7 Å². The van der Waals surface area contributed by atoms with Crippen LogP contribution >= 0.6 is 11.6 Å². The third-order valence-electron chi connectivity index (χ3n) is 4.89. The van der Waals surface area contributed by atoms with Gasteiger partial charge in [0, 0.05) is 17.3 Å². The number of fused-ring (bicyclic) bond motifs is 1. The maximum Gasteiger partial charge on any atom is 0.222 e. The number of rotatable bonds is 5. The zero-order valence-corrected chi connectivity index (χ0v) is 17.8. The molecule has 0 spiro atoms. The number of nitrogens with two attached hydrogens (primary N) is 2. The summed E-state index contributed by atoms with van der Waals surface area (Å²) in [7, 11) is 0. The number of hydrogen-bond acceptors (Lipinski definition) is 7. The molecule has 5 rings (SSSR count). The number of aromatic nitrogens is 4. The summed E-state index contributed by atoms with van der Waals surface area (Å²) in [6.45, 7) is 0. The van der Waals surface area contributed by atoms with Crippen LogP contribution in [-0.4, -0.2) is 20.2 Å². The minimum Gasteiger partial charge on any atom is -0.455 e. The van der Waals surface area contributed by atoms with E-state index >= 15 is 0 Å². The number of aromatic amines is 1. The molecule has 0 unspecified atom stereocenters. The lowest BCUT2D eigenvalue weighted by Crippen LogP contribution is -2.01. The molecule has 0 amide bonds. The summed E-state index contributed by atoms with van der Waals surface area (Å²) in [5, 5.41) is 11.1. The number of nitrogens with zero attached hydrogens (tertiary/aromatic N) is 3. The van der Waals surface area contributed by atoms with Crippen LogP contribution in [0.5, 0.6) is 11.5 Å². The van der Waals surface area contributed by atoms with Crippen LogP contribution in [0.25, 0.3) is 22.2 Å². The molecule has 164 valence electrons. The van der Waals surface area contributed by atoms with Crippen molar-refractivity contribution in [2.75, 3.05) is 16.8 Å². The number of nitrogens with one attached hydrogen (secondary N) is 2. The standard InChI is InChI=1S/C23H17ClFN7O/c24-15-10-14(8-9-18(15)33-19-3-1-2-16-21(19)22(26)32-31-16)28-20-11-17(29-23(27)30-20)12-4-6-13(25)7-5-12/h1-11H,(H3,26,31,32)(H3,27,28,29,30). The van der Waals surface area contributed by atoms with Gasteiger partial charge in [-0.2, -0.15) is 10.1 Å². The van der Waals surface area contributed by atoms with Crippen molar-refractivity contribution in [3.8, 4) is 22.8 Å². The Kier molecular flexibility index (Phi) is 5.15. The molecule has 2 aromatic heterocycles. The lowest BCUT2D eigenvalue weighted by molar-refractivity contribution is 0.489. The van der Waals surface area contributed by atoms with Gasteiger partial charge in [-0.15, -0.1) is 0 Å². The van der Waals surface area contributed by atoms with Gasteiger partial charge in [-0.25, -0.2) is 9.37 Å². The smallest absolute Gasteiger partial charge is 0.222 e. The van der Waals surface area contributed by atoms with Gasteiger partial charge >= 0.3 is 0 Å². The molecular formula is C23H17ClFN7O. The van der Waals surface area contributed by atoms with Crippen molar-refractivity contribution >= 4 is 45.8 Å². The molecule has 0 bridgehead atoms. The van der Waals surface area contributed by atoms with Gasteiger partial charge in [0.1, 0.15) is 23.1 Å². The Morgan fingerprint density at radius 2 is 1.76 bits per heavy atom. The van der Waals surface area contributed by atoms with E-state index in [0.717, 1.165) is 5.52 Å². The van der Waals surface area contributed by atoms with Crippen LogP contribution in [0.2, 0.25) is 5.02 Å². The zero-order valence-electron chi connectivity index (χ0n) is 17.0. The van der Waals surface area contributed by atoms with Gasteiger partial charge < -0.3 is 21.5 Å². The molecule has 0 atom stereocenters. The van der Waals surface area contributed by atoms with Gasteiger partial charge in [0.15, 0.2) is 5.82 Å². The fourth-order valence-corrected chi connectivity index (χ4v) is 3.60. The van der Waals surface area contributed by atoms with Crippen molar-refractivity contribution in [3.05, 3.63) is 77.6 Å². The average Bonchev–Trinajstić information content (AvgIpc) is 3.17. The number of H-pyrrole nitrogens is 1. The minimum absolute atomic E-state index is 0.0798. The molecule has 5 aromatic rings. The fourth-order valence-electron chi connectivity index (χ4n) is 3.38. The second kappa shape index (κ2) is 8.29. The lowest BCUT2D eigenvalue weighted by Gasteiger charge is -2.12. The van der Waals surface area contributed by atoms with E-state index in [1.54, 1.807) is 42.5 Å². The van der Waals surface area contributed by atoms with Crippen LogP contribution in [0.3, 0.4) is 0 Å². The summed E-state index contributed by atoms with van der Waals surface area (Å²) >= 11 is 6.47. The molecule has 0 aliphatic carbocycles. The molecule has 33 heavy (non-hydrogen) atoms. The maximum atomic E-state index is 13.2. The Morgan fingerprint density at radius 3 is 2.55 bits per heavy atom. The van der Waals surface area contributed by atoms with E-state index in [4.69, 9.17) is 27.8 Å². The number of anilines is 4. The Morgan fingerprint density at radius 1 is 0.939 bits per heavy atom. The molecule has 0 aliphatic rings. The monoisotopic (exact) mass is 461 g/mol. The summed E-state index contributed by atoms with van der Waals surface area (Å²) < 4.78 is 19.2. The van der Waals surface area contributed by atoms with Crippen LogP contribution in [-0.2, 0) is 0 Å². The first-order valence-electron chi connectivity index (χ1n) is 9.84. The van der Waals surface area contributed by atoms with Gasteiger partial charge in [-0.05, 0) is 54.6 Å². The van der Waals surface area contributed by atoms with E-state index in [1.807, 2.05) is 12.1 Å². The quantitative estimate of drug-likeness (QED) is 0.271. The maximum absolute atomic E-state index is 13.2. The van der Waals surface area contributed by atoms with Crippen LogP contribution in [0.4, 0.5) is 27.7 Å². The highest BCUT2D eigenvalue weighted by Crippen LogP contribution is 2.37. The molecule has 0 fully saturated rings. The van der Waals surface area contributed by atoms with Crippen molar-refractivity contribution in [1.82, 2.24) is 20.2 Å². The van der Waals surface area contributed by atoms with Crippen molar-refractivity contribution in [2.45, 2.75) is 0 Å². The van der Waals surface area contributed by atoms with Crippen molar-refractivity contribution in [3.63, 3.8) is 0 Å². The molecule has 10 heteroatoms. The Labute approximate surface area is 192 Å². The van der Waals surface area contributed by atoms with E-state index in [0.29, 0.717) is 50.5 Å². The summed E-state index contributed by atoms with van der Waals surface area (Å²) in [5.41, 5.74) is 14.5. The highest BCUT2D eigenvalue weighted by atomic mass is 35.5. The van der Waals surface area contributed by atoms with Crippen LogP contribution in [0.1, 0.15) is 0 Å². The van der Waals surface area contributed by atoms with E-state index in [9.17, 15) is 4.39 Å². The Hall–Kier alpha value is -4.37. The average molecular weight is 462 g/mol. The van der Waals surface area contributed by atoms with Gasteiger partial charge in [0.25, 0.3) is 0 Å². The number of nitrogen functional groups attached to an aromatic ring is 2. The zero-order chi connectivity index (χ0) is 22.9. The summed E-state index contributed by atoms with van der Waals surface area (Å²) in [6.07, 6.45) is 0. The summed E-state index contributed by atoms with van der Waals surface area (Å²) in [6, 6.07) is 18.4. The Balaban J connectivity index is 1.40. The predicted octanol–water partition coefficient (Wildman–Crippen LogP) is 5.51. The summed E-state index contributed by atoms with van der Waals surface area (Å²) in [5.74, 6) is 1.54. The van der Waals surface area contributed by atoms with E-state index in [-0.39, 0.29) is 11.8 Å². The molecule has 3 aromatic carbocycles. The number of benzene rings is 3. The molecule has 0 aliphatic heterocycles. The molecule has 6 N–H and O–H groups in total. The SMILES string of the molecule is Nc1nc(Nc2ccc(Oc3cccc4[nH]nc(N)c34)c(Cl)c2)cc(-c2ccc(F)cc2)n1. The highest BCUT2D eigenvalue weighted by molar-refractivity contribution is 6.32. The molecule has 8 nitrogen and oxygen atoms in total. The van der Waals surface area contributed by atoms with Crippen molar-refractivity contribution in [1.29, 1.82) is 0 Å². The molecule has 0 radical (unpaired) electrons. The first-order valence-corrected chi connectivity index (χ1v) is 10.2. The third kappa shape index (κ3) is 4.21. The molecule has 0 saturated carbocycles. The van der Waals surface area contributed by atoms with E-state index in [2.05, 4.69) is 25.5 Å². The first-order chi connectivity index (χ1) is 16.0. The highest BCUT2D eigenvalue weighted by Gasteiger charge is 2.12. The summed E-state index contributed by atoms with van der Waals surface area (Å²) in [4.78, 5) is 8.43. The number of ether oxygens (including phenoxy) is 1. The predicted molar refractivity (Wildman–Crippen MR) is 127 cm³/mol. The molecule has 2 heterocycles. The first kappa shape index (κ1) is 20.5. The van der Waals surface area contributed by atoms with Crippen LogP contribution in [0.15, 0.2) is 66.7 Å².